The number of fused-ring (bicyclic) bond motifs is 1. The van der Waals surface area contributed by atoms with E-state index in [-0.39, 0.29) is 0 Å². The van der Waals surface area contributed by atoms with Crippen molar-refractivity contribution in [1.82, 2.24) is 10.2 Å². The summed E-state index contributed by atoms with van der Waals surface area (Å²) in [7, 11) is 0. The first-order valence-corrected chi connectivity index (χ1v) is 8.22. The Labute approximate surface area is 114 Å². The van der Waals surface area contributed by atoms with E-state index in [2.05, 4.69) is 34.7 Å². The Morgan fingerprint density at radius 3 is 2.94 bits per heavy atom. The zero-order valence-electron chi connectivity index (χ0n) is 11.1. The molecule has 1 fully saturated rings. The Balaban J connectivity index is 1.82. The molecule has 1 aromatic rings. The van der Waals surface area contributed by atoms with Gasteiger partial charge in [-0.1, -0.05) is 12.1 Å². The zero-order chi connectivity index (χ0) is 12.4. The molecule has 1 aromatic carbocycles. The second-order valence-electron chi connectivity index (χ2n) is 5.29. The minimum Gasteiger partial charge on any atom is -0.309 e. The van der Waals surface area contributed by atoms with Gasteiger partial charge in [0, 0.05) is 17.5 Å². The van der Waals surface area contributed by atoms with Crippen LogP contribution in [-0.2, 0) is 6.42 Å². The van der Waals surface area contributed by atoms with E-state index < -0.39 is 0 Å². The van der Waals surface area contributed by atoms with Crippen LogP contribution < -0.4 is 5.32 Å². The predicted octanol–water partition coefficient (Wildman–Crippen LogP) is 2.69. The molecular weight excluding hydrogens is 240 g/mol. The molecule has 1 atom stereocenters. The molecule has 18 heavy (non-hydrogen) atoms. The number of thioether (sulfide) groups is 1. The summed E-state index contributed by atoms with van der Waals surface area (Å²) in [5.74, 6) is 0. The summed E-state index contributed by atoms with van der Waals surface area (Å²) in [5, 5.41) is 3.70. The summed E-state index contributed by atoms with van der Waals surface area (Å²) in [5.41, 5.74) is 3.13. The third-order valence-electron chi connectivity index (χ3n) is 4.17. The summed E-state index contributed by atoms with van der Waals surface area (Å²) in [6.45, 7) is 4.89. The number of hydrogen-bond acceptors (Lipinski definition) is 3. The van der Waals surface area contributed by atoms with Gasteiger partial charge in [-0.25, -0.2) is 0 Å². The molecule has 1 saturated heterocycles. The molecule has 2 aliphatic heterocycles. The topological polar surface area (TPSA) is 15.3 Å². The van der Waals surface area contributed by atoms with Crippen LogP contribution in [0, 0.1) is 0 Å². The SMILES string of the molecule is CSc1cccc2c1CCN[C@H]2CN1CCCC1. The quantitative estimate of drug-likeness (QED) is 0.843. The van der Waals surface area contributed by atoms with E-state index >= 15 is 0 Å². The average molecular weight is 262 g/mol. The van der Waals surface area contributed by atoms with Crippen LogP contribution in [0.15, 0.2) is 23.1 Å². The molecule has 2 nitrogen and oxygen atoms in total. The lowest BCUT2D eigenvalue weighted by Crippen LogP contribution is -2.38. The fourth-order valence-electron chi connectivity index (χ4n) is 3.24. The first-order valence-electron chi connectivity index (χ1n) is 7.00. The molecule has 2 aliphatic rings. The second-order valence-corrected chi connectivity index (χ2v) is 6.14. The van der Waals surface area contributed by atoms with E-state index in [1.807, 2.05) is 11.8 Å². The number of nitrogens with zero attached hydrogens (tertiary/aromatic N) is 1. The van der Waals surface area contributed by atoms with Crippen LogP contribution in [0.25, 0.3) is 0 Å². The smallest absolute Gasteiger partial charge is 0.0452 e. The van der Waals surface area contributed by atoms with E-state index in [4.69, 9.17) is 0 Å². The highest BCUT2D eigenvalue weighted by atomic mass is 32.2. The summed E-state index contributed by atoms with van der Waals surface area (Å²) in [6, 6.07) is 7.34. The lowest BCUT2D eigenvalue weighted by atomic mass is 9.94. The number of nitrogens with one attached hydrogen (secondary N) is 1. The zero-order valence-corrected chi connectivity index (χ0v) is 11.9. The molecule has 1 N–H and O–H groups in total. The minimum absolute atomic E-state index is 0.541. The van der Waals surface area contributed by atoms with Crippen molar-refractivity contribution in [2.24, 2.45) is 0 Å². The summed E-state index contributed by atoms with van der Waals surface area (Å²) >= 11 is 1.89. The Morgan fingerprint density at radius 2 is 2.17 bits per heavy atom. The summed E-state index contributed by atoms with van der Waals surface area (Å²) < 4.78 is 0. The maximum atomic E-state index is 3.70. The van der Waals surface area contributed by atoms with Gasteiger partial charge in [0.1, 0.15) is 0 Å². The third kappa shape index (κ3) is 2.44. The molecule has 0 spiro atoms. The van der Waals surface area contributed by atoms with Gasteiger partial charge in [0.25, 0.3) is 0 Å². The van der Waals surface area contributed by atoms with Crippen molar-refractivity contribution in [3.63, 3.8) is 0 Å². The molecule has 0 radical (unpaired) electrons. The lowest BCUT2D eigenvalue weighted by molar-refractivity contribution is 0.287. The van der Waals surface area contributed by atoms with Gasteiger partial charge >= 0.3 is 0 Å². The maximum Gasteiger partial charge on any atom is 0.0452 e. The first-order chi connectivity index (χ1) is 8.88. The largest absolute Gasteiger partial charge is 0.309 e. The van der Waals surface area contributed by atoms with Crippen molar-refractivity contribution >= 4 is 11.8 Å². The van der Waals surface area contributed by atoms with Crippen LogP contribution >= 0.6 is 11.8 Å². The third-order valence-corrected chi connectivity index (χ3v) is 4.99. The molecule has 0 aromatic heterocycles. The monoisotopic (exact) mass is 262 g/mol. The minimum atomic E-state index is 0.541. The number of benzene rings is 1. The molecule has 0 bridgehead atoms. The van der Waals surface area contributed by atoms with Gasteiger partial charge in [0.15, 0.2) is 0 Å². The van der Waals surface area contributed by atoms with Crippen LogP contribution in [0.3, 0.4) is 0 Å². The fourth-order valence-corrected chi connectivity index (χ4v) is 3.92. The molecule has 0 saturated carbocycles. The average Bonchev–Trinajstić information content (AvgIpc) is 2.91. The van der Waals surface area contributed by atoms with Gasteiger partial charge in [-0.2, -0.15) is 0 Å². The van der Waals surface area contributed by atoms with Crippen molar-refractivity contribution in [3.05, 3.63) is 29.3 Å². The predicted molar refractivity (Wildman–Crippen MR) is 78.3 cm³/mol. The van der Waals surface area contributed by atoms with Crippen molar-refractivity contribution in [2.75, 3.05) is 32.4 Å². The Kier molecular flexibility index (Phi) is 3.92. The number of rotatable bonds is 3. The maximum absolute atomic E-state index is 3.70. The summed E-state index contributed by atoms with van der Waals surface area (Å²) in [6.07, 6.45) is 6.13. The first kappa shape index (κ1) is 12.5. The second kappa shape index (κ2) is 5.64. The Bertz CT molecular complexity index is 413. The molecule has 0 aliphatic carbocycles. The van der Waals surface area contributed by atoms with Crippen molar-refractivity contribution in [3.8, 4) is 0 Å². The van der Waals surface area contributed by atoms with Crippen LogP contribution in [0.4, 0.5) is 0 Å². The molecule has 98 valence electrons. The van der Waals surface area contributed by atoms with Crippen molar-refractivity contribution < 1.29 is 0 Å². The van der Waals surface area contributed by atoms with Gasteiger partial charge in [-0.3, -0.25) is 0 Å². The molecule has 2 heterocycles. The highest BCUT2D eigenvalue weighted by molar-refractivity contribution is 7.98. The molecule has 3 heteroatoms. The normalized spacial score (nSPS) is 24.2. The van der Waals surface area contributed by atoms with Crippen LogP contribution in [0.2, 0.25) is 0 Å². The van der Waals surface area contributed by atoms with Crippen LogP contribution in [0.5, 0.6) is 0 Å². The lowest BCUT2D eigenvalue weighted by Gasteiger charge is -2.31. The van der Waals surface area contributed by atoms with E-state index in [9.17, 15) is 0 Å². The molecular formula is C15H22N2S. The van der Waals surface area contributed by atoms with Gasteiger partial charge in [0.05, 0.1) is 0 Å². The van der Waals surface area contributed by atoms with E-state index in [0.29, 0.717) is 6.04 Å². The van der Waals surface area contributed by atoms with Crippen LogP contribution in [-0.4, -0.2) is 37.3 Å². The Hall–Kier alpha value is -0.510. The molecule has 3 rings (SSSR count). The van der Waals surface area contributed by atoms with E-state index in [0.717, 1.165) is 6.54 Å². The van der Waals surface area contributed by atoms with E-state index in [1.165, 1.54) is 43.8 Å². The highest BCUT2D eigenvalue weighted by Gasteiger charge is 2.24. The number of hydrogen-bond donors (Lipinski definition) is 1. The molecule has 0 unspecified atom stereocenters. The number of likely N-dealkylation sites (tertiary alicyclic amines) is 1. The van der Waals surface area contributed by atoms with Crippen molar-refractivity contribution in [2.45, 2.75) is 30.2 Å². The van der Waals surface area contributed by atoms with Crippen molar-refractivity contribution in [1.29, 1.82) is 0 Å². The highest BCUT2D eigenvalue weighted by Crippen LogP contribution is 2.31. The fraction of sp³-hybridized carbons (Fsp3) is 0.600. The van der Waals surface area contributed by atoms with Gasteiger partial charge in [-0.05, 0) is 62.3 Å². The van der Waals surface area contributed by atoms with Gasteiger partial charge in [0.2, 0.25) is 0 Å². The molecule has 0 amide bonds. The van der Waals surface area contributed by atoms with E-state index in [1.54, 1.807) is 11.1 Å². The van der Waals surface area contributed by atoms with Gasteiger partial charge < -0.3 is 10.2 Å². The standard InChI is InChI=1S/C15H22N2S/c1-18-15-6-4-5-12-13(15)7-8-16-14(12)11-17-9-2-3-10-17/h4-6,14,16H,2-3,7-11H2,1H3/t14-/m0/s1. The van der Waals surface area contributed by atoms with Gasteiger partial charge in [-0.15, -0.1) is 11.8 Å². The summed E-state index contributed by atoms with van der Waals surface area (Å²) in [4.78, 5) is 4.08. The Morgan fingerprint density at radius 1 is 1.33 bits per heavy atom. The van der Waals surface area contributed by atoms with Crippen LogP contribution in [0.1, 0.15) is 30.0 Å².